The van der Waals surface area contributed by atoms with Crippen LogP contribution >= 0.6 is 7.82 Å². The molecule has 0 spiro atoms. The van der Waals surface area contributed by atoms with Crippen molar-refractivity contribution in [2.24, 2.45) is 0 Å². The van der Waals surface area contributed by atoms with Crippen LogP contribution in [0, 0.1) is 0 Å². The van der Waals surface area contributed by atoms with Crippen molar-refractivity contribution in [3.63, 3.8) is 0 Å². The summed E-state index contributed by atoms with van der Waals surface area (Å²) in [6.45, 7) is 0.830. The Morgan fingerprint density at radius 2 is 1.66 bits per heavy atom. The van der Waals surface area contributed by atoms with Crippen LogP contribution in [0.25, 0.3) is 0 Å². The van der Waals surface area contributed by atoms with Crippen LogP contribution in [0.3, 0.4) is 0 Å². The number of rotatable bonds is 19. The van der Waals surface area contributed by atoms with Crippen LogP contribution < -0.4 is 5.32 Å². The third kappa shape index (κ3) is 13.5. The molecule has 6 atom stereocenters. The van der Waals surface area contributed by atoms with Gasteiger partial charge in [-0.3, -0.25) is 9.32 Å². The van der Waals surface area contributed by atoms with Gasteiger partial charge in [0.2, 0.25) is 5.91 Å². The van der Waals surface area contributed by atoms with E-state index >= 15 is 0 Å². The molecule has 1 saturated heterocycles. The predicted molar refractivity (Wildman–Crippen MR) is 126 cm³/mol. The molecule has 0 aromatic heterocycles. The van der Waals surface area contributed by atoms with Gasteiger partial charge in [-0.15, -0.1) is 0 Å². The Balaban J connectivity index is 2.54. The van der Waals surface area contributed by atoms with Gasteiger partial charge in [0.05, 0.1) is 32.3 Å². The number of hydrogen-bond donors (Lipinski definition) is 7. The van der Waals surface area contributed by atoms with E-state index in [9.17, 15) is 24.7 Å². The molecule has 1 fully saturated rings. The zero-order valence-electron chi connectivity index (χ0n) is 20.5. The van der Waals surface area contributed by atoms with Crippen molar-refractivity contribution in [1.82, 2.24) is 5.32 Å². The Morgan fingerprint density at radius 3 is 2.20 bits per heavy atom. The standard InChI is InChI=1S/C22H44NO11P/c1-2-3-4-5-6-7-8-9-10-11-16(26)14-18(27)23-19-20(28)21(34-35(29,30)31)17(15-25)33-22(19)32-13-12-24/h16-17,19-22,24-26,28H,2-15H2,1H3,(H,23,27)(H2,29,30,31)/t16-,17-,19-,20-,21-,22-/m1/s1. The third-order valence-corrected chi connectivity index (χ3v) is 6.39. The fraction of sp³-hybridized carbons (Fsp3) is 0.955. The van der Waals surface area contributed by atoms with Crippen LogP contribution in [0.1, 0.15) is 77.6 Å². The van der Waals surface area contributed by atoms with Crippen LogP contribution in [0.4, 0.5) is 0 Å². The number of aliphatic hydroxyl groups is 4. The van der Waals surface area contributed by atoms with E-state index in [0.717, 1.165) is 25.7 Å². The number of aliphatic hydroxyl groups excluding tert-OH is 4. The maximum atomic E-state index is 12.5. The van der Waals surface area contributed by atoms with Crippen molar-refractivity contribution >= 4 is 13.7 Å². The first-order valence-electron chi connectivity index (χ1n) is 12.5. The molecule has 1 rings (SSSR count). The first kappa shape index (κ1) is 32.4. The van der Waals surface area contributed by atoms with Gasteiger partial charge in [0.25, 0.3) is 0 Å². The highest BCUT2D eigenvalue weighted by Crippen LogP contribution is 2.41. The molecule has 0 unspecified atom stereocenters. The van der Waals surface area contributed by atoms with Crippen LogP contribution in [0.5, 0.6) is 0 Å². The normalized spacial score (nSPS) is 26.0. The second-order valence-electron chi connectivity index (χ2n) is 8.94. The summed E-state index contributed by atoms with van der Waals surface area (Å²) in [4.78, 5) is 30.8. The zero-order valence-corrected chi connectivity index (χ0v) is 21.4. The number of phosphoric acid groups is 1. The fourth-order valence-electron chi connectivity index (χ4n) is 4.07. The van der Waals surface area contributed by atoms with Crippen LogP contribution in [-0.4, -0.2) is 92.7 Å². The third-order valence-electron chi connectivity index (χ3n) is 5.88. The molecule has 7 N–H and O–H groups in total. The molecule has 0 aromatic carbocycles. The number of unbranched alkanes of at least 4 members (excludes halogenated alkanes) is 8. The molecule has 0 bridgehead atoms. The van der Waals surface area contributed by atoms with E-state index in [1.165, 1.54) is 32.1 Å². The van der Waals surface area contributed by atoms with Crippen LogP contribution in [0.15, 0.2) is 0 Å². The summed E-state index contributed by atoms with van der Waals surface area (Å²) >= 11 is 0. The van der Waals surface area contributed by atoms with E-state index in [4.69, 9.17) is 24.4 Å². The van der Waals surface area contributed by atoms with E-state index in [-0.39, 0.29) is 19.6 Å². The summed E-state index contributed by atoms with van der Waals surface area (Å²) in [7, 11) is -5.06. The quantitative estimate of drug-likeness (QED) is 0.0919. The first-order valence-corrected chi connectivity index (χ1v) is 14.0. The van der Waals surface area contributed by atoms with E-state index < -0.39 is 57.1 Å². The molecule has 1 aliphatic heterocycles. The minimum Gasteiger partial charge on any atom is -0.394 e. The number of carbonyl (C=O) groups is 1. The zero-order chi connectivity index (χ0) is 26.3. The Hall–Kier alpha value is -0.660. The lowest BCUT2D eigenvalue weighted by molar-refractivity contribution is -0.268. The van der Waals surface area contributed by atoms with Crippen molar-refractivity contribution in [3.8, 4) is 0 Å². The lowest BCUT2D eigenvalue weighted by Gasteiger charge is -2.43. The molecule has 1 heterocycles. The Kier molecular flexibility index (Phi) is 16.4. The van der Waals surface area contributed by atoms with Gasteiger partial charge in [0.1, 0.15) is 24.4 Å². The molecular weight excluding hydrogens is 485 g/mol. The molecule has 0 saturated carbocycles. The molecule has 13 heteroatoms. The highest BCUT2D eigenvalue weighted by atomic mass is 31.2. The molecule has 1 amide bonds. The topological polar surface area (TPSA) is 195 Å². The van der Waals surface area contributed by atoms with Crippen molar-refractivity contribution < 1.29 is 53.6 Å². The molecule has 1 aliphatic rings. The van der Waals surface area contributed by atoms with Crippen LogP contribution in [-0.2, 0) is 23.4 Å². The van der Waals surface area contributed by atoms with E-state index in [2.05, 4.69) is 16.8 Å². The fourth-order valence-corrected chi connectivity index (χ4v) is 4.65. The number of nitrogens with one attached hydrogen (secondary N) is 1. The summed E-state index contributed by atoms with van der Waals surface area (Å²) in [6, 6.07) is -1.33. The van der Waals surface area contributed by atoms with Crippen molar-refractivity contribution in [2.45, 2.75) is 114 Å². The van der Waals surface area contributed by atoms with Gasteiger partial charge < -0.3 is 45.0 Å². The van der Waals surface area contributed by atoms with Gasteiger partial charge in [0.15, 0.2) is 6.29 Å². The molecular formula is C22H44NO11P. The maximum absolute atomic E-state index is 12.5. The van der Waals surface area contributed by atoms with Crippen molar-refractivity contribution in [2.75, 3.05) is 19.8 Å². The van der Waals surface area contributed by atoms with Gasteiger partial charge in [-0.05, 0) is 6.42 Å². The minimum absolute atomic E-state index is 0.215. The second kappa shape index (κ2) is 17.7. The molecule has 0 aliphatic carbocycles. The number of phosphoric ester groups is 1. The average molecular weight is 530 g/mol. The van der Waals surface area contributed by atoms with Gasteiger partial charge in [-0.25, -0.2) is 4.57 Å². The molecule has 208 valence electrons. The van der Waals surface area contributed by atoms with Crippen molar-refractivity contribution in [3.05, 3.63) is 0 Å². The van der Waals surface area contributed by atoms with Crippen molar-refractivity contribution in [1.29, 1.82) is 0 Å². The van der Waals surface area contributed by atoms with Gasteiger partial charge in [-0.1, -0.05) is 64.7 Å². The molecule has 12 nitrogen and oxygen atoms in total. The summed E-state index contributed by atoms with van der Waals surface area (Å²) in [6.07, 6.45) is 3.41. The Bertz CT molecular complexity index is 620. The van der Waals surface area contributed by atoms with E-state index in [1.807, 2.05) is 0 Å². The largest absolute Gasteiger partial charge is 0.470 e. The molecule has 0 aromatic rings. The highest BCUT2D eigenvalue weighted by Gasteiger charge is 2.49. The second-order valence-corrected chi connectivity index (χ2v) is 10.1. The SMILES string of the molecule is CCCCCCCCCCC[C@@H](O)CC(=O)N[C@H]1[C@H](OCCO)O[C@H](CO)[C@@H](OP(=O)(O)O)[C@@H]1O. The molecule has 0 radical (unpaired) electrons. The summed E-state index contributed by atoms with van der Waals surface area (Å²) in [5.41, 5.74) is 0. The smallest absolute Gasteiger partial charge is 0.394 e. The lowest BCUT2D eigenvalue weighted by Crippen LogP contribution is -2.65. The maximum Gasteiger partial charge on any atom is 0.470 e. The Morgan fingerprint density at radius 1 is 1.06 bits per heavy atom. The van der Waals surface area contributed by atoms with Gasteiger partial charge >= 0.3 is 7.82 Å². The lowest BCUT2D eigenvalue weighted by atomic mass is 9.96. The molecule has 35 heavy (non-hydrogen) atoms. The van der Waals surface area contributed by atoms with Gasteiger partial charge in [0, 0.05) is 0 Å². The first-order chi connectivity index (χ1) is 16.6. The number of ether oxygens (including phenoxy) is 2. The Labute approximate surface area is 207 Å². The number of amides is 1. The van der Waals surface area contributed by atoms with Crippen LogP contribution in [0.2, 0.25) is 0 Å². The summed E-state index contributed by atoms with van der Waals surface area (Å²) in [5, 5.41) is 41.9. The summed E-state index contributed by atoms with van der Waals surface area (Å²) < 4.78 is 26.6. The van der Waals surface area contributed by atoms with E-state index in [1.54, 1.807) is 0 Å². The minimum atomic E-state index is -5.06. The number of hydrogen-bond acceptors (Lipinski definition) is 9. The highest BCUT2D eigenvalue weighted by molar-refractivity contribution is 7.46. The summed E-state index contributed by atoms with van der Waals surface area (Å²) in [5.74, 6) is -0.629. The monoisotopic (exact) mass is 529 g/mol. The average Bonchev–Trinajstić information content (AvgIpc) is 2.79. The number of carbonyl (C=O) groups excluding carboxylic acids is 1. The van der Waals surface area contributed by atoms with E-state index in [0.29, 0.717) is 6.42 Å². The predicted octanol–water partition coefficient (Wildman–Crippen LogP) is 0.708. The van der Waals surface area contributed by atoms with Gasteiger partial charge in [-0.2, -0.15) is 0 Å².